The lowest BCUT2D eigenvalue weighted by molar-refractivity contribution is 0.112. The second-order valence-corrected chi connectivity index (χ2v) is 3.42. The van der Waals surface area contributed by atoms with E-state index < -0.39 is 6.10 Å². The van der Waals surface area contributed by atoms with E-state index >= 15 is 0 Å². The zero-order valence-corrected chi connectivity index (χ0v) is 7.77. The minimum atomic E-state index is -0.465. The average molecular weight is 192 g/mol. The SMILES string of the molecule is O=Cc1ccc2c(c1)OCCCC2O. The number of hydrogen-bond acceptors (Lipinski definition) is 3. The Balaban J connectivity index is 2.42. The highest BCUT2D eigenvalue weighted by molar-refractivity contribution is 5.76. The van der Waals surface area contributed by atoms with Crippen LogP contribution in [0.4, 0.5) is 0 Å². The topological polar surface area (TPSA) is 46.5 Å². The summed E-state index contributed by atoms with van der Waals surface area (Å²) in [6.07, 6.45) is 1.87. The van der Waals surface area contributed by atoms with Crippen molar-refractivity contribution in [3.8, 4) is 5.75 Å². The zero-order valence-electron chi connectivity index (χ0n) is 7.77. The molecule has 2 rings (SSSR count). The summed E-state index contributed by atoms with van der Waals surface area (Å²) in [4.78, 5) is 10.5. The number of benzene rings is 1. The maximum absolute atomic E-state index is 10.5. The number of carbonyl (C=O) groups is 1. The van der Waals surface area contributed by atoms with Crippen LogP contribution in [-0.2, 0) is 0 Å². The Hall–Kier alpha value is -1.35. The smallest absolute Gasteiger partial charge is 0.150 e. The fourth-order valence-corrected chi connectivity index (χ4v) is 1.64. The van der Waals surface area contributed by atoms with Crippen LogP contribution in [0.5, 0.6) is 5.75 Å². The number of aliphatic hydroxyl groups is 1. The van der Waals surface area contributed by atoms with Gasteiger partial charge in [0.15, 0.2) is 0 Å². The summed E-state index contributed by atoms with van der Waals surface area (Å²) in [6, 6.07) is 5.13. The molecule has 1 unspecified atom stereocenters. The Morgan fingerprint density at radius 1 is 1.50 bits per heavy atom. The van der Waals surface area contributed by atoms with Crippen LogP contribution < -0.4 is 4.74 Å². The van der Waals surface area contributed by atoms with Crippen LogP contribution in [0.25, 0.3) is 0 Å². The van der Waals surface area contributed by atoms with E-state index in [1.165, 1.54) is 0 Å². The van der Waals surface area contributed by atoms with Crippen LogP contribution in [0.2, 0.25) is 0 Å². The van der Waals surface area contributed by atoms with Gasteiger partial charge in [-0.05, 0) is 18.9 Å². The molecule has 0 saturated heterocycles. The molecule has 0 fully saturated rings. The lowest BCUT2D eigenvalue weighted by Crippen LogP contribution is -1.97. The standard InChI is InChI=1S/C11H12O3/c12-7-8-3-4-9-10(13)2-1-5-14-11(9)6-8/h3-4,6-7,10,13H,1-2,5H2. The Kier molecular flexibility index (Phi) is 2.50. The fourth-order valence-electron chi connectivity index (χ4n) is 1.64. The average Bonchev–Trinajstić information content (AvgIpc) is 2.40. The molecule has 0 radical (unpaired) electrons. The molecule has 1 aromatic rings. The van der Waals surface area contributed by atoms with Crippen LogP contribution in [0.1, 0.15) is 34.9 Å². The predicted octanol–water partition coefficient (Wildman–Crippen LogP) is 1.71. The summed E-state index contributed by atoms with van der Waals surface area (Å²) in [5, 5.41) is 9.74. The Morgan fingerprint density at radius 2 is 2.36 bits per heavy atom. The van der Waals surface area contributed by atoms with Gasteiger partial charge in [0.05, 0.1) is 12.7 Å². The molecule has 0 spiro atoms. The van der Waals surface area contributed by atoms with E-state index in [1.54, 1.807) is 18.2 Å². The van der Waals surface area contributed by atoms with Crippen molar-refractivity contribution in [1.82, 2.24) is 0 Å². The van der Waals surface area contributed by atoms with E-state index in [4.69, 9.17) is 4.74 Å². The molecule has 0 amide bonds. The number of ether oxygens (including phenoxy) is 1. The van der Waals surface area contributed by atoms with Crippen molar-refractivity contribution < 1.29 is 14.6 Å². The van der Waals surface area contributed by atoms with E-state index in [9.17, 15) is 9.90 Å². The van der Waals surface area contributed by atoms with Crippen molar-refractivity contribution in [2.24, 2.45) is 0 Å². The van der Waals surface area contributed by atoms with Crippen LogP contribution in [0.3, 0.4) is 0 Å². The lowest BCUT2D eigenvalue weighted by atomic mass is 10.0. The van der Waals surface area contributed by atoms with Gasteiger partial charge >= 0.3 is 0 Å². The molecule has 0 bridgehead atoms. The first-order valence-electron chi connectivity index (χ1n) is 4.71. The summed E-state index contributed by atoms with van der Waals surface area (Å²) in [5.74, 6) is 0.639. The molecule has 1 heterocycles. The maximum atomic E-state index is 10.5. The van der Waals surface area contributed by atoms with Gasteiger partial charge in [-0.15, -0.1) is 0 Å². The van der Waals surface area contributed by atoms with Crippen molar-refractivity contribution in [3.05, 3.63) is 29.3 Å². The van der Waals surface area contributed by atoms with Crippen LogP contribution in [0, 0.1) is 0 Å². The number of carbonyl (C=O) groups excluding carboxylic acids is 1. The van der Waals surface area contributed by atoms with Gasteiger partial charge < -0.3 is 9.84 Å². The molecule has 3 nitrogen and oxygen atoms in total. The highest BCUT2D eigenvalue weighted by Gasteiger charge is 2.17. The Bertz CT molecular complexity index is 346. The number of fused-ring (bicyclic) bond motifs is 1. The van der Waals surface area contributed by atoms with Gasteiger partial charge in [-0.3, -0.25) is 4.79 Å². The first-order chi connectivity index (χ1) is 6.81. The van der Waals surface area contributed by atoms with Crippen molar-refractivity contribution in [2.45, 2.75) is 18.9 Å². The molecule has 0 saturated carbocycles. The van der Waals surface area contributed by atoms with E-state index in [2.05, 4.69) is 0 Å². The largest absolute Gasteiger partial charge is 0.493 e. The van der Waals surface area contributed by atoms with Crippen molar-refractivity contribution in [3.63, 3.8) is 0 Å². The van der Waals surface area contributed by atoms with Crippen LogP contribution in [0.15, 0.2) is 18.2 Å². The van der Waals surface area contributed by atoms with Gasteiger partial charge in [0, 0.05) is 11.1 Å². The molecule has 74 valence electrons. The fraction of sp³-hybridized carbons (Fsp3) is 0.364. The molecular formula is C11H12O3. The number of aldehydes is 1. The second kappa shape index (κ2) is 3.80. The zero-order chi connectivity index (χ0) is 9.97. The molecule has 1 aliphatic rings. The van der Waals surface area contributed by atoms with E-state index in [0.717, 1.165) is 18.3 Å². The maximum Gasteiger partial charge on any atom is 0.150 e. The minimum absolute atomic E-state index is 0.465. The summed E-state index contributed by atoms with van der Waals surface area (Å²) >= 11 is 0. The van der Waals surface area contributed by atoms with Crippen LogP contribution in [-0.4, -0.2) is 18.0 Å². The van der Waals surface area contributed by atoms with E-state index in [-0.39, 0.29) is 0 Å². The molecule has 1 aliphatic heterocycles. The van der Waals surface area contributed by atoms with Gasteiger partial charge in [0.2, 0.25) is 0 Å². The molecule has 14 heavy (non-hydrogen) atoms. The third kappa shape index (κ3) is 1.63. The van der Waals surface area contributed by atoms with Gasteiger partial charge in [-0.25, -0.2) is 0 Å². The molecular weight excluding hydrogens is 180 g/mol. The van der Waals surface area contributed by atoms with Crippen molar-refractivity contribution >= 4 is 6.29 Å². The van der Waals surface area contributed by atoms with Gasteiger partial charge in [0.25, 0.3) is 0 Å². The third-order valence-corrected chi connectivity index (χ3v) is 2.41. The van der Waals surface area contributed by atoms with Gasteiger partial charge in [-0.2, -0.15) is 0 Å². The summed E-state index contributed by atoms with van der Waals surface area (Å²) in [5.41, 5.74) is 1.37. The minimum Gasteiger partial charge on any atom is -0.493 e. The summed E-state index contributed by atoms with van der Waals surface area (Å²) in [7, 11) is 0. The van der Waals surface area contributed by atoms with Gasteiger partial charge in [0.1, 0.15) is 12.0 Å². The summed E-state index contributed by atoms with van der Waals surface area (Å²) < 4.78 is 5.44. The van der Waals surface area contributed by atoms with Gasteiger partial charge in [-0.1, -0.05) is 12.1 Å². The highest BCUT2D eigenvalue weighted by Crippen LogP contribution is 2.31. The quantitative estimate of drug-likeness (QED) is 0.689. The van der Waals surface area contributed by atoms with E-state index in [0.29, 0.717) is 24.3 Å². The van der Waals surface area contributed by atoms with Crippen molar-refractivity contribution in [1.29, 1.82) is 0 Å². The Morgan fingerprint density at radius 3 is 3.14 bits per heavy atom. The lowest BCUT2D eigenvalue weighted by Gasteiger charge is -2.10. The molecule has 0 aromatic heterocycles. The molecule has 0 aliphatic carbocycles. The normalized spacial score (nSPS) is 20.5. The van der Waals surface area contributed by atoms with Crippen LogP contribution >= 0.6 is 0 Å². The highest BCUT2D eigenvalue weighted by atomic mass is 16.5. The van der Waals surface area contributed by atoms with E-state index in [1.807, 2.05) is 0 Å². The van der Waals surface area contributed by atoms with Crippen molar-refractivity contribution in [2.75, 3.05) is 6.61 Å². The molecule has 3 heteroatoms. The predicted molar refractivity (Wildman–Crippen MR) is 51.5 cm³/mol. The first-order valence-corrected chi connectivity index (χ1v) is 4.71. The first kappa shape index (κ1) is 9.21. The summed E-state index contributed by atoms with van der Waals surface area (Å²) in [6.45, 7) is 0.604. The number of hydrogen-bond donors (Lipinski definition) is 1. The monoisotopic (exact) mass is 192 g/mol. The second-order valence-electron chi connectivity index (χ2n) is 3.42. The molecule has 1 N–H and O–H groups in total. The third-order valence-electron chi connectivity index (χ3n) is 2.41. The Labute approximate surface area is 82.3 Å². The molecule has 1 atom stereocenters. The number of aliphatic hydroxyl groups excluding tert-OH is 1. The molecule has 1 aromatic carbocycles. The number of rotatable bonds is 1.